The zero-order chi connectivity index (χ0) is 9.97. The number of nitrogens with zero attached hydrogens (tertiary/aromatic N) is 2. The number of nitrogens with one attached hydrogen (secondary N) is 1. The summed E-state index contributed by atoms with van der Waals surface area (Å²) in [4.78, 5) is 13.6. The van der Waals surface area contributed by atoms with Crippen LogP contribution in [0.15, 0.2) is 24.4 Å². The average molecular weight is 191 g/mol. The first-order valence-electron chi connectivity index (χ1n) is 4.28. The predicted molar refractivity (Wildman–Crippen MR) is 51.7 cm³/mol. The van der Waals surface area contributed by atoms with Crippen molar-refractivity contribution in [1.82, 2.24) is 10.3 Å². The number of hydrogen-bond donors (Lipinski definition) is 1. The van der Waals surface area contributed by atoms with Crippen LogP contribution in [0, 0.1) is 10.1 Å². The van der Waals surface area contributed by atoms with Gasteiger partial charge in [0.2, 0.25) is 0 Å². The van der Waals surface area contributed by atoms with Crippen molar-refractivity contribution in [3.8, 4) is 0 Å². The lowest BCUT2D eigenvalue weighted by molar-refractivity contribution is -0.389. The quantitative estimate of drug-likeness (QED) is 0.558. The van der Waals surface area contributed by atoms with Gasteiger partial charge in [-0.05, 0) is 21.5 Å². The maximum Gasteiger partial charge on any atom is 0.363 e. The number of nitro groups is 1. The second-order valence-electron chi connectivity index (χ2n) is 3.02. The van der Waals surface area contributed by atoms with Crippen LogP contribution in [0.1, 0.15) is 5.56 Å². The van der Waals surface area contributed by atoms with E-state index in [2.05, 4.69) is 16.4 Å². The Morgan fingerprint density at radius 1 is 1.50 bits per heavy atom. The minimum Gasteiger partial charge on any atom is -0.358 e. The van der Waals surface area contributed by atoms with Crippen LogP contribution in [0.5, 0.6) is 0 Å². The largest absolute Gasteiger partial charge is 0.363 e. The molecule has 0 saturated heterocycles. The third-order valence-electron chi connectivity index (χ3n) is 2.11. The molecule has 1 aliphatic heterocycles. The molecule has 1 aromatic heterocycles. The van der Waals surface area contributed by atoms with Gasteiger partial charge in [0.15, 0.2) is 0 Å². The Kier molecular flexibility index (Phi) is 2.24. The molecule has 5 nitrogen and oxygen atoms in total. The van der Waals surface area contributed by atoms with Crippen molar-refractivity contribution >= 4 is 11.4 Å². The second kappa shape index (κ2) is 3.55. The van der Waals surface area contributed by atoms with Gasteiger partial charge in [0.1, 0.15) is 6.20 Å². The maximum absolute atomic E-state index is 10.3. The summed E-state index contributed by atoms with van der Waals surface area (Å²) in [5.41, 5.74) is 2.09. The molecule has 2 heterocycles. The van der Waals surface area contributed by atoms with Crippen molar-refractivity contribution in [2.45, 2.75) is 0 Å². The van der Waals surface area contributed by atoms with Crippen molar-refractivity contribution in [3.63, 3.8) is 0 Å². The molecule has 0 saturated carbocycles. The van der Waals surface area contributed by atoms with E-state index in [1.54, 1.807) is 6.07 Å². The first-order chi connectivity index (χ1) is 6.77. The minimum atomic E-state index is -0.495. The summed E-state index contributed by atoms with van der Waals surface area (Å²) < 4.78 is 0. The number of pyridine rings is 1. The van der Waals surface area contributed by atoms with Gasteiger partial charge in [0, 0.05) is 24.7 Å². The summed E-state index contributed by atoms with van der Waals surface area (Å²) in [6, 6.07) is 3.15. The third kappa shape index (κ3) is 1.62. The SMILES string of the molecule is O=[N+]([O-])c1ccc(C2=CCNC2)cn1. The summed E-state index contributed by atoms with van der Waals surface area (Å²) in [7, 11) is 0. The molecule has 0 atom stereocenters. The van der Waals surface area contributed by atoms with Gasteiger partial charge >= 0.3 is 5.82 Å². The molecule has 0 aromatic carbocycles. The Morgan fingerprint density at radius 3 is 2.86 bits per heavy atom. The molecule has 1 aliphatic rings. The van der Waals surface area contributed by atoms with Crippen LogP contribution in [0.2, 0.25) is 0 Å². The zero-order valence-electron chi connectivity index (χ0n) is 7.43. The number of rotatable bonds is 2. The van der Waals surface area contributed by atoms with Crippen molar-refractivity contribution in [2.75, 3.05) is 13.1 Å². The molecule has 0 fully saturated rings. The van der Waals surface area contributed by atoms with Crippen molar-refractivity contribution in [3.05, 3.63) is 40.1 Å². The Bertz CT molecular complexity index is 384. The highest BCUT2D eigenvalue weighted by molar-refractivity contribution is 5.68. The fourth-order valence-electron chi connectivity index (χ4n) is 1.38. The van der Waals surface area contributed by atoms with Gasteiger partial charge in [0.05, 0.1) is 0 Å². The standard InChI is InChI=1S/C9H9N3O2/c13-12(14)9-2-1-7(6-11-9)8-3-4-10-5-8/h1-3,6,10H,4-5H2. The highest BCUT2D eigenvalue weighted by Gasteiger charge is 2.11. The molecule has 0 spiro atoms. The fourth-order valence-corrected chi connectivity index (χ4v) is 1.38. The van der Waals surface area contributed by atoms with Gasteiger partial charge in [-0.2, -0.15) is 0 Å². The van der Waals surface area contributed by atoms with E-state index in [0.29, 0.717) is 0 Å². The Morgan fingerprint density at radius 2 is 2.36 bits per heavy atom. The van der Waals surface area contributed by atoms with E-state index >= 15 is 0 Å². The van der Waals surface area contributed by atoms with Gasteiger partial charge < -0.3 is 15.4 Å². The Hall–Kier alpha value is -1.75. The van der Waals surface area contributed by atoms with Crippen LogP contribution >= 0.6 is 0 Å². The van der Waals surface area contributed by atoms with Crippen LogP contribution in [-0.2, 0) is 0 Å². The molecule has 0 aliphatic carbocycles. The molecule has 72 valence electrons. The summed E-state index contributed by atoms with van der Waals surface area (Å²) in [5.74, 6) is -0.111. The molecule has 0 unspecified atom stereocenters. The zero-order valence-corrected chi connectivity index (χ0v) is 7.43. The monoisotopic (exact) mass is 191 g/mol. The predicted octanol–water partition coefficient (Wildman–Crippen LogP) is 0.976. The van der Waals surface area contributed by atoms with Crippen molar-refractivity contribution in [1.29, 1.82) is 0 Å². The molecule has 2 rings (SSSR count). The van der Waals surface area contributed by atoms with Crippen LogP contribution in [0.25, 0.3) is 5.57 Å². The molecule has 1 aromatic rings. The lowest BCUT2D eigenvalue weighted by Gasteiger charge is -1.98. The molecule has 5 heteroatoms. The number of aromatic nitrogens is 1. The maximum atomic E-state index is 10.3. The van der Waals surface area contributed by atoms with Gasteiger partial charge in [-0.3, -0.25) is 0 Å². The van der Waals surface area contributed by atoms with Gasteiger partial charge in [-0.1, -0.05) is 6.08 Å². The summed E-state index contributed by atoms with van der Waals surface area (Å²) in [6.45, 7) is 1.66. The Labute approximate surface area is 80.6 Å². The first-order valence-corrected chi connectivity index (χ1v) is 4.28. The van der Waals surface area contributed by atoms with Crippen molar-refractivity contribution in [2.24, 2.45) is 0 Å². The summed E-state index contributed by atoms with van der Waals surface area (Å²) >= 11 is 0. The first kappa shape index (κ1) is 8.83. The van der Waals surface area contributed by atoms with Gasteiger partial charge in [-0.15, -0.1) is 0 Å². The van der Waals surface area contributed by atoms with E-state index in [0.717, 1.165) is 24.2 Å². The van der Waals surface area contributed by atoms with Crippen LogP contribution in [0.3, 0.4) is 0 Å². The van der Waals surface area contributed by atoms with Crippen LogP contribution < -0.4 is 5.32 Å². The van der Waals surface area contributed by atoms with E-state index < -0.39 is 4.92 Å². The van der Waals surface area contributed by atoms with E-state index in [-0.39, 0.29) is 5.82 Å². The van der Waals surface area contributed by atoms with E-state index in [1.165, 1.54) is 12.3 Å². The second-order valence-corrected chi connectivity index (χ2v) is 3.02. The minimum absolute atomic E-state index is 0.111. The van der Waals surface area contributed by atoms with E-state index in [9.17, 15) is 10.1 Å². The topological polar surface area (TPSA) is 68.1 Å². The lowest BCUT2D eigenvalue weighted by Crippen LogP contribution is -2.07. The normalized spacial score (nSPS) is 15.3. The smallest absolute Gasteiger partial charge is 0.358 e. The van der Waals surface area contributed by atoms with E-state index in [4.69, 9.17) is 0 Å². The third-order valence-corrected chi connectivity index (χ3v) is 2.11. The molecule has 1 N–H and O–H groups in total. The highest BCUT2D eigenvalue weighted by atomic mass is 16.6. The fraction of sp³-hybridized carbons (Fsp3) is 0.222. The molecular formula is C9H9N3O2. The van der Waals surface area contributed by atoms with Gasteiger partial charge in [-0.25, -0.2) is 0 Å². The van der Waals surface area contributed by atoms with Gasteiger partial charge in [0.25, 0.3) is 0 Å². The highest BCUT2D eigenvalue weighted by Crippen LogP contribution is 2.17. The summed E-state index contributed by atoms with van der Waals surface area (Å²) in [6.07, 6.45) is 3.60. The molecule has 0 radical (unpaired) electrons. The number of hydrogen-bond acceptors (Lipinski definition) is 4. The van der Waals surface area contributed by atoms with Crippen LogP contribution in [-0.4, -0.2) is 23.0 Å². The van der Waals surface area contributed by atoms with Crippen molar-refractivity contribution < 1.29 is 4.92 Å². The van der Waals surface area contributed by atoms with Crippen LogP contribution in [0.4, 0.5) is 5.82 Å². The molecule has 0 bridgehead atoms. The average Bonchev–Trinajstić information content (AvgIpc) is 2.71. The van der Waals surface area contributed by atoms with E-state index in [1.807, 2.05) is 0 Å². The molecular weight excluding hydrogens is 182 g/mol. The molecule has 14 heavy (non-hydrogen) atoms. The molecule has 0 amide bonds. The lowest BCUT2D eigenvalue weighted by atomic mass is 10.1. The Balaban J connectivity index is 2.25. The summed E-state index contributed by atoms with van der Waals surface area (Å²) in [5, 5.41) is 13.5.